The topological polar surface area (TPSA) is 90.5 Å². The van der Waals surface area contributed by atoms with Gasteiger partial charge < -0.3 is 15.5 Å². The lowest BCUT2D eigenvalue weighted by atomic mass is 9.94. The number of imide groups is 1. The van der Waals surface area contributed by atoms with Gasteiger partial charge in [0, 0.05) is 24.8 Å². The SMILES string of the molecule is CN(C(=O)c1ccc(NCC(=O)NC(=O)NC2CCCC2)cc1Cl)C1CCCCC1. The minimum Gasteiger partial charge on any atom is -0.376 e. The molecule has 3 N–H and O–H groups in total. The third-order valence-corrected chi connectivity index (χ3v) is 6.35. The average Bonchev–Trinajstić information content (AvgIpc) is 3.24. The molecule has 0 saturated heterocycles. The maximum Gasteiger partial charge on any atom is 0.321 e. The molecule has 0 atom stereocenters. The summed E-state index contributed by atoms with van der Waals surface area (Å²) in [5.41, 5.74) is 1.07. The van der Waals surface area contributed by atoms with Crippen molar-refractivity contribution in [3.05, 3.63) is 28.8 Å². The predicted molar refractivity (Wildman–Crippen MR) is 118 cm³/mol. The van der Waals surface area contributed by atoms with E-state index in [0.717, 1.165) is 51.4 Å². The fraction of sp³-hybridized carbons (Fsp3) is 0.591. The van der Waals surface area contributed by atoms with Gasteiger partial charge in [-0.15, -0.1) is 0 Å². The molecule has 8 heteroatoms. The molecule has 3 rings (SSSR count). The minimum atomic E-state index is -0.460. The summed E-state index contributed by atoms with van der Waals surface area (Å²) < 4.78 is 0. The standard InChI is InChI=1S/C22H31ClN4O3/c1-27(17-9-3-2-4-10-17)21(29)18-12-11-16(13-19(18)23)24-14-20(28)26-22(30)25-15-7-5-6-8-15/h11-13,15,17,24H,2-10,14H2,1H3,(H2,25,26,28,30). The molecule has 4 amide bonds. The molecular weight excluding hydrogens is 404 g/mol. The van der Waals surface area contributed by atoms with Crippen molar-refractivity contribution < 1.29 is 14.4 Å². The Hall–Kier alpha value is -2.28. The zero-order chi connectivity index (χ0) is 21.5. The van der Waals surface area contributed by atoms with Gasteiger partial charge in [-0.25, -0.2) is 4.79 Å². The van der Waals surface area contributed by atoms with Gasteiger partial charge in [-0.2, -0.15) is 0 Å². The quantitative estimate of drug-likeness (QED) is 0.632. The van der Waals surface area contributed by atoms with E-state index >= 15 is 0 Å². The maximum absolute atomic E-state index is 12.8. The Balaban J connectivity index is 1.48. The van der Waals surface area contributed by atoms with Crippen molar-refractivity contribution in [3.63, 3.8) is 0 Å². The summed E-state index contributed by atoms with van der Waals surface area (Å²) in [4.78, 5) is 38.5. The highest BCUT2D eigenvalue weighted by atomic mass is 35.5. The molecule has 0 unspecified atom stereocenters. The molecule has 2 aliphatic carbocycles. The van der Waals surface area contributed by atoms with E-state index in [0.29, 0.717) is 16.3 Å². The Morgan fingerprint density at radius 3 is 2.37 bits per heavy atom. The van der Waals surface area contributed by atoms with Gasteiger partial charge >= 0.3 is 6.03 Å². The van der Waals surface area contributed by atoms with Crippen LogP contribution in [-0.2, 0) is 4.79 Å². The zero-order valence-corrected chi connectivity index (χ0v) is 18.3. The van der Waals surface area contributed by atoms with E-state index in [-0.39, 0.29) is 24.5 Å². The molecule has 0 aliphatic heterocycles. The van der Waals surface area contributed by atoms with Crippen LogP contribution in [-0.4, -0.2) is 48.4 Å². The molecule has 0 spiro atoms. The summed E-state index contributed by atoms with van der Waals surface area (Å²) in [5.74, 6) is -0.515. The molecule has 30 heavy (non-hydrogen) atoms. The van der Waals surface area contributed by atoms with Gasteiger partial charge in [0.15, 0.2) is 0 Å². The number of benzene rings is 1. The van der Waals surface area contributed by atoms with E-state index < -0.39 is 11.9 Å². The molecular formula is C22H31ClN4O3. The van der Waals surface area contributed by atoms with E-state index in [2.05, 4.69) is 16.0 Å². The molecule has 0 aromatic heterocycles. The van der Waals surface area contributed by atoms with Crippen molar-refractivity contribution in [1.82, 2.24) is 15.5 Å². The van der Waals surface area contributed by atoms with Crippen LogP contribution in [0.25, 0.3) is 0 Å². The highest BCUT2D eigenvalue weighted by Gasteiger charge is 2.24. The van der Waals surface area contributed by atoms with Crippen LogP contribution in [0.2, 0.25) is 5.02 Å². The smallest absolute Gasteiger partial charge is 0.321 e. The van der Waals surface area contributed by atoms with Crippen molar-refractivity contribution in [2.45, 2.75) is 69.9 Å². The summed E-state index contributed by atoms with van der Waals surface area (Å²) in [7, 11) is 1.84. The molecule has 0 bridgehead atoms. The van der Waals surface area contributed by atoms with Gasteiger partial charge in [0.05, 0.1) is 17.1 Å². The normalized spacial score (nSPS) is 17.4. The van der Waals surface area contributed by atoms with Crippen molar-refractivity contribution in [2.24, 2.45) is 0 Å². The van der Waals surface area contributed by atoms with E-state index in [1.165, 1.54) is 6.42 Å². The van der Waals surface area contributed by atoms with Crippen LogP contribution in [0.1, 0.15) is 68.1 Å². The van der Waals surface area contributed by atoms with Crippen LogP contribution in [0.3, 0.4) is 0 Å². The van der Waals surface area contributed by atoms with E-state index in [9.17, 15) is 14.4 Å². The van der Waals surface area contributed by atoms with Gasteiger partial charge in [-0.1, -0.05) is 43.7 Å². The number of hydrogen-bond donors (Lipinski definition) is 3. The zero-order valence-electron chi connectivity index (χ0n) is 17.5. The Kier molecular flexibility index (Phi) is 7.96. The van der Waals surface area contributed by atoms with Crippen LogP contribution < -0.4 is 16.0 Å². The van der Waals surface area contributed by atoms with E-state index in [4.69, 9.17) is 11.6 Å². The monoisotopic (exact) mass is 434 g/mol. The lowest BCUT2D eigenvalue weighted by molar-refractivity contribution is -0.118. The molecule has 1 aromatic carbocycles. The van der Waals surface area contributed by atoms with Crippen LogP contribution in [0.4, 0.5) is 10.5 Å². The van der Waals surface area contributed by atoms with Crippen LogP contribution >= 0.6 is 11.6 Å². The molecule has 2 fully saturated rings. The molecule has 1 aromatic rings. The fourth-order valence-corrected chi connectivity index (χ4v) is 4.53. The van der Waals surface area contributed by atoms with Crippen molar-refractivity contribution >= 4 is 35.1 Å². The average molecular weight is 435 g/mol. The molecule has 2 saturated carbocycles. The van der Waals surface area contributed by atoms with Crippen LogP contribution in [0.5, 0.6) is 0 Å². The second-order valence-electron chi connectivity index (χ2n) is 8.26. The van der Waals surface area contributed by atoms with E-state index in [1.807, 2.05) is 7.05 Å². The lowest BCUT2D eigenvalue weighted by Gasteiger charge is -2.31. The first kappa shape index (κ1) is 22.4. The first-order chi connectivity index (χ1) is 14.4. The van der Waals surface area contributed by atoms with Crippen molar-refractivity contribution in [2.75, 3.05) is 18.9 Å². The number of carbonyl (C=O) groups excluding carboxylic acids is 3. The number of anilines is 1. The second-order valence-corrected chi connectivity index (χ2v) is 8.67. The Morgan fingerprint density at radius 2 is 1.70 bits per heavy atom. The number of carbonyl (C=O) groups is 3. The molecule has 0 heterocycles. The molecule has 164 valence electrons. The minimum absolute atomic E-state index is 0.0658. The largest absolute Gasteiger partial charge is 0.376 e. The highest BCUT2D eigenvalue weighted by Crippen LogP contribution is 2.26. The lowest BCUT2D eigenvalue weighted by Crippen LogP contribution is -2.45. The molecule has 7 nitrogen and oxygen atoms in total. The number of rotatable bonds is 6. The summed E-state index contributed by atoms with van der Waals surface area (Å²) >= 11 is 6.35. The third-order valence-electron chi connectivity index (χ3n) is 6.04. The number of urea groups is 1. The first-order valence-electron chi connectivity index (χ1n) is 10.8. The van der Waals surface area contributed by atoms with Gasteiger partial charge in [-0.3, -0.25) is 14.9 Å². The van der Waals surface area contributed by atoms with Gasteiger partial charge in [0.1, 0.15) is 0 Å². The molecule has 0 radical (unpaired) electrons. The van der Waals surface area contributed by atoms with Crippen molar-refractivity contribution in [1.29, 1.82) is 0 Å². The Morgan fingerprint density at radius 1 is 1.03 bits per heavy atom. The van der Waals surface area contributed by atoms with Gasteiger partial charge in [0.25, 0.3) is 5.91 Å². The fourth-order valence-electron chi connectivity index (χ4n) is 4.27. The Labute approximate surface area is 182 Å². The number of halogens is 1. The highest BCUT2D eigenvalue weighted by molar-refractivity contribution is 6.34. The molecule has 2 aliphatic rings. The number of nitrogens with one attached hydrogen (secondary N) is 3. The summed E-state index contributed by atoms with van der Waals surface area (Å²) in [6.45, 7) is -0.0658. The second kappa shape index (κ2) is 10.7. The number of hydrogen-bond acceptors (Lipinski definition) is 4. The maximum atomic E-state index is 12.8. The van der Waals surface area contributed by atoms with Crippen LogP contribution in [0.15, 0.2) is 18.2 Å². The summed E-state index contributed by atoms with van der Waals surface area (Å²) in [6, 6.07) is 4.99. The predicted octanol–water partition coefficient (Wildman–Crippen LogP) is 3.93. The Bertz CT molecular complexity index is 774. The summed E-state index contributed by atoms with van der Waals surface area (Å²) in [6.07, 6.45) is 9.73. The van der Waals surface area contributed by atoms with Crippen molar-refractivity contribution in [3.8, 4) is 0 Å². The number of amides is 4. The third kappa shape index (κ3) is 6.11. The van der Waals surface area contributed by atoms with Crippen LogP contribution in [0, 0.1) is 0 Å². The van der Waals surface area contributed by atoms with Gasteiger partial charge in [-0.05, 0) is 43.9 Å². The summed E-state index contributed by atoms with van der Waals surface area (Å²) in [5, 5.41) is 8.42. The first-order valence-corrected chi connectivity index (χ1v) is 11.2. The number of nitrogens with zero attached hydrogens (tertiary/aromatic N) is 1. The van der Waals surface area contributed by atoms with E-state index in [1.54, 1.807) is 23.1 Å². The van der Waals surface area contributed by atoms with Gasteiger partial charge in [0.2, 0.25) is 5.91 Å².